The Balaban J connectivity index is 2.21. The number of benzene rings is 1. The van der Waals surface area contributed by atoms with E-state index >= 15 is 0 Å². The second kappa shape index (κ2) is 4.26. The van der Waals surface area contributed by atoms with E-state index in [0.717, 1.165) is 5.56 Å². The number of hydrogen-bond acceptors (Lipinski definition) is 3. The molecule has 3 nitrogen and oxygen atoms in total. The topological polar surface area (TPSA) is 35.5 Å². The fraction of sp³-hybridized carbons (Fsp3) is 0.400. The van der Waals surface area contributed by atoms with Crippen LogP contribution >= 0.6 is 19.2 Å². The Morgan fingerprint density at radius 3 is 3.00 bits per heavy atom. The molecule has 0 saturated carbocycles. The average Bonchev–Trinajstić information content (AvgIpc) is 2.16. The molecule has 1 aromatic carbocycles. The highest BCUT2D eigenvalue weighted by molar-refractivity contribution is 7.53. The second-order valence-corrected chi connectivity index (χ2v) is 5.99. The first-order valence-electron chi connectivity index (χ1n) is 4.73. The summed E-state index contributed by atoms with van der Waals surface area (Å²) in [7, 11) is -2.87. The van der Waals surface area contributed by atoms with Gasteiger partial charge in [0.1, 0.15) is 0 Å². The molecule has 0 N–H and O–H groups in total. The van der Waals surface area contributed by atoms with Crippen LogP contribution in [0.5, 0.6) is 0 Å². The van der Waals surface area contributed by atoms with Crippen molar-refractivity contribution in [3.8, 4) is 0 Å². The maximum absolute atomic E-state index is 11.6. The van der Waals surface area contributed by atoms with Crippen molar-refractivity contribution in [2.24, 2.45) is 0 Å². The molecule has 1 heterocycles. The van der Waals surface area contributed by atoms with Crippen LogP contribution < -0.4 is 0 Å². The summed E-state index contributed by atoms with van der Waals surface area (Å²) in [6, 6.07) is 7.41. The van der Waals surface area contributed by atoms with Crippen LogP contribution in [0.4, 0.5) is 0 Å². The zero-order chi connectivity index (χ0) is 10.9. The molecular weight excluding hydrogens is 235 g/mol. The largest absolute Gasteiger partial charge is 0.328 e. The summed E-state index contributed by atoms with van der Waals surface area (Å²) in [5, 5.41) is 0.661. The molecule has 2 rings (SSSR count). The minimum Gasteiger partial charge on any atom is -0.309 e. The molecule has 1 unspecified atom stereocenters. The molecule has 82 valence electrons. The number of halogens is 1. The first-order chi connectivity index (χ1) is 7.07. The lowest BCUT2D eigenvalue weighted by atomic mass is 10.1. The maximum atomic E-state index is 11.6. The van der Waals surface area contributed by atoms with Crippen molar-refractivity contribution >= 4 is 19.2 Å². The van der Waals surface area contributed by atoms with Crippen LogP contribution in [-0.4, -0.2) is 13.3 Å². The van der Waals surface area contributed by atoms with Crippen molar-refractivity contribution < 1.29 is 13.6 Å². The van der Waals surface area contributed by atoms with E-state index in [1.807, 2.05) is 18.2 Å². The Labute approximate surface area is 93.9 Å². The van der Waals surface area contributed by atoms with Crippen molar-refractivity contribution in [3.05, 3.63) is 34.9 Å². The Bertz CT molecular complexity index is 407. The summed E-state index contributed by atoms with van der Waals surface area (Å²) in [5.41, 5.74) is 0.952. The number of rotatable bonds is 1. The van der Waals surface area contributed by atoms with Crippen LogP contribution in [0.1, 0.15) is 18.1 Å². The number of hydrogen-bond donors (Lipinski definition) is 0. The maximum Gasteiger partial charge on any atom is 0.328 e. The average molecular weight is 247 g/mol. The van der Waals surface area contributed by atoms with Crippen molar-refractivity contribution in [1.29, 1.82) is 0 Å². The zero-order valence-corrected chi connectivity index (χ0v) is 10.0. The monoisotopic (exact) mass is 246 g/mol. The lowest BCUT2D eigenvalue weighted by Gasteiger charge is -2.27. The molecule has 15 heavy (non-hydrogen) atoms. The Kier molecular flexibility index (Phi) is 3.17. The minimum atomic E-state index is -2.87. The van der Waals surface area contributed by atoms with Gasteiger partial charge in [-0.05, 0) is 17.7 Å². The fourth-order valence-electron chi connectivity index (χ4n) is 1.57. The Hall–Kier alpha value is -0.340. The molecule has 0 aromatic heterocycles. The molecule has 0 spiro atoms. The SMILES string of the molecule is CP1(=O)OCC[C@H](c2cccc(Cl)c2)O1. The zero-order valence-electron chi connectivity index (χ0n) is 8.35. The Morgan fingerprint density at radius 2 is 2.33 bits per heavy atom. The third-order valence-electron chi connectivity index (χ3n) is 2.25. The highest BCUT2D eigenvalue weighted by atomic mass is 35.5. The minimum absolute atomic E-state index is 0.173. The second-order valence-electron chi connectivity index (χ2n) is 3.54. The van der Waals surface area contributed by atoms with Crippen molar-refractivity contribution in [2.75, 3.05) is 13.3 Å². The van der Waals surface area contributed by atoms with Crippen molar-refractivity contribution in [2.45, 2.75) is 12.5 Å². The van der Waals surface area contributed by atoms with Crippen LogP contribution in [0.3, 0.4) is 0 Å². The predicted octanol–water partition coefficient (Wildman–Crippen LogP) is 3.64. The van der Waals surface area contributed by atoms with E-state index in [1.165, 1.54) is 6.66 Å². The predicted molar refractivity (Wildman–Crippen MR) is 59.4 cm³/mol. The molecule has 0 radical (unpaired) electrons. The smallest absolute Gasteiger partial charge is 0.309 e. The van der Waals surface area contributed by atoms with Gasteiger partial charge in [-0.2, -0.15) is 0 Å². The first-order valence-corrected chi connectivity index (χ1v) is 7.09. The standard InChI is InChI=1S/C10H12ClO3P/c1-15(12)13-6-5-10(14-15)8-3-2-4-9(11)7-8/h2-4,7,10H,5-6H2,1H3/t10-,15?/m1/s1. The summed E-state index contributed by atoms with van der Waals surface area (Å²) in [6.45, 7) is 1.95. The van der Waals surface area contributed by atoms with E-state index < -0.39 is 7.60 Å². The first kappa shape index (κ1) is 11.2. The van der Waals surface area contributed by atoms with Gasteiger partial charge in [0.2, 0.25) is 0 Å². The van der Waals surface area contributed by atoms with Gasteiger partial charge in [-0.3, -0.25) is 4.57 Å². The molecule has 1 aromatic rings. The van der Waals surface area contributed by atoms with E-state index in [0.29, 0.717) is 18.1 Å². The molecule has 0 aliphatic carbocycles. The van der Waals surface area contributed by atoms with Gasteiger partial charge in [-0.25, -0.2) is 0 Å². The van der Waals surface area contributed by atoms with E-state index in [2.05, 4.69) is 0 Å². The summed E-state index contributed by atoms with van der Waals surface area (Å²) in [4.78, 5) is 0. The summed E-state index contributed by atoms with van der Waals surface area (Å²) >= 11 is 5.88. The van der Waals surface area contributed by atoms with Gasteiger partial charge in [0.15, 0.2) is 0 Å². The molecule has 2 atom stereocenters. The lowest BCUT2D eigenvalue weighted by molar-refractivity contribution is 0.0845. The van der Waals surface area contributed by atoms with Crippen molar-refractivity contribution in [1.82, 2.24) is 0 Å². The fourth-order valence-corrected chi connectivity index (χ4v) is 2.96. The van der Waals surface area contributed by atoms with Crippen LogP contribution in [-0.2, 0) is 13.6 Å². The van der Waals surface area contributed by atoms with Gasteiger partial charge in [0.25, 0.3) is 0 Å². The highest BCUT2D eigenvalue weighted by Crippen LogP contribution is 2.52. The summed E-state index contributed by atoms with van der Waals surface area (Å²) < 4.78 is 22.1. The summed E-state index contributed by atoms with van der Waals surface area (Å²) in [6.07, 6.45) is 0.534. The van der Waals surface area contributed by atoms with Crippen LogP contribution in [0.25, 0.3) is 0 Å². The molecule has 1 aliphatic heterocycles. The van der Waals surface area contributed by atoms with Gasteiger partial charge in [-0.15, -0.1) is 0 Å². The molecule has 0 bridgehead atoms. The molecule has 1 saturated heterocycles. The van der Waals surface area contributed by atoms with Crippen LogP contribution in [0.2, 0.25) is 5.02 Å². The molecular formula is C10H12ClO3P. The van der Waals surface area contributed by atoms with Gasteiger partial charge < -0.3 is 9.05 Å². The Morgan fingerprint density at radius 1 is 1.53 bits per heavy atom. The van der Waals surface area contributed by atoms with Gasteiger partial charge >= 0.3 is 7.60 Å². The molecule has 0 amide bonds. The van der Waals surface area contributed by atoms with Crippen LogP contribution in [0.15, 0.2) is 24.3 Å². The summed E-state index contributed by atoms with van der Waals surface area (Å²) in [5.74, 6) is 0. The highest BCUT2D eigenvalue weighted by Gasteiger charge is 2.29. The molecule has 5 heteroatoms. The van der Waals surface area contributed by atoms with E-state index in [4.69, 9.17) is 20.6 Å². The van der Waals surface area contributed by atoms with Gasteiger partial charge in [-0.1, -0.05) is 23.7 Å². The normalized spacial score (nSPS) is 31.5. The lowest BCUT2D eigenvalue weighted by Crippen LogP contribution is -2.13. The third kappa shape index (κ3) is 2.82. The van der Waals surface area contributed by atoms with E-state index in [9.17, 15) is 4.57 Å². The van der Waals surface area contributed by atoms with Gasteiger partial charge in [0, 0.05) is 18.1 Å². The third-order valence-corrected chi connectivity index (χ3v) is 3.77. The van der Waals surface area contributed by atoms with Gasteiger partial charge in [0.05, 0.1) is 12.7 Å². The van der Waals surface area contributed by atoms with Crippen molar-refractivity contribution in [3.63, 3.8) is 0 Å². The van der Waals surface area contributed by atoms with E-state index in [1.54, 1.807) is 6.07 Å². The quantitative estimate of drug-likeness (QED) is 0.710. The van der Waals surface area contributed by atoms with E-state index in [-0.39, 0.29) is 6.10 Å². The molecule has 1 fully saturated rings. The molecule has 1 aliphatic rings. The van der Waals surface area contributed by atoms with Crippen LogP contribution in [0, 0.1) is 0 Å².